The predicted molar refractivity (Wildman–Crippen MR) is 122 cm³/mol. The van der Waals surface area contributed by atoms with E-state index in [1.54, 1.807) is 0 Å². The first kappa shape index (κ1) is 24.5. The van der Waals surface area contributed by atoms with E-state index in [-0.39, 0.29) is 19.6 Å². The molecule has 7 nitrogen and oxygen atoms in total. The molecule has 0 saturated carbocycles. The van der Waals surface area contributed by atoms with Crippen LogP contribution in [0.4, 0.5) is 30.2 Å². The van der Waals surface area contributed by atoms with Crippen LogP contribution in [0.15, 0.2) is 72.8 Å². The summed E-state index contributed by atoms with van der Waals surface area (Å²) in [5.41, 5.74) is 1.04. The van der Waals surface area contributed by atoms with Gasteiger partial charge in [0.15, 0.2) is 0 Å². The predicted octanol–water partition coefficient (Wildman–Crippen LogP) is 3.62. The van der Waals surface area contributed by atoms with E-state index >= 15 is 0 Å². The molecule has 0 aliphatic rings. The van der Waals surface area contributed by atoms with Gasteiger partial charge in [-0.3, -0.25) is 19.3 Å². The molecule has 0 radical (unpaired) electrons. The number of anilines is 3. The Kier molecular flexibility index (Phi) is 8.36. The van der Waals surface area contributed by atoms with Crippen molar-refractivity contribution in [3.8, 4) is 0 Å². The van der Waals surface area contributed by atoms with E-state index in [0.717, 1.165) is 0 Å². The summed E-state index contributed by atoms with van der Waals surface area (Å²) in [5.74, 6) is -2.99. The summed E-state index contributed by atoms with van der Waals surface area (Å²) in [7, 11) is 0. The van der Waals surface area contributed by atoms with Gasteiger partial charge in [-0.05, 0) is 72.8 Å². The van der Waals surface area contributed by atoms with Crippen molar-refractivity contribution in [2.45, 2.75) is 0 Å². The van der Waals surface area contributed by atoms with E-state index in [4.69, 9.17) is 0 Å². The Labute approximate surface area is 193 Å². The Morgan fingerprint density at radius 1 is 0.500 bits per heavy atom. The van der Waals surface area contributed by atoms with Gasteiger partial charge in [0.1, 0.15) is 17.5 Å². The summed E-state index contributed by atoms with van der Waals surface area (Å²) in [6, 6.07) is 15.3. The lowest BCUT2D eigenvalue weighted by molar-refractivity contribution is -0.122. The minimum absolute atomic E-state index is 0.328. The molecule has 0 saturated heterocycles. The van der Waals surface area contributed by atoms with Crippen molar-refractivity contribution >= 4 is 34.8 Å². The third kappa shape index (κ3) is 8.06. The van der Waals surface area contributed by atoms with Gasteiger partial charge < -0.3 is 16.0 Å². The summed E-state index contributed by atoms with van der Waals surface area (Å²) in [4.78, 5) is 38.7. The van der Waals surface area contributed by atoms with E-state index in [0.29, 0.717) is 17.1 Å². The normalized spacial score (nSPS) is 10.6. The maximum Gasteiger partial charge on any atom is 0.238 e. The minimum atomic E-state index is -0.532. The number of rotatable bonds is 9. The van der Waals surface area contributed by atoms with Crippen LogP contribution in [0.5, 0.6) is 0 Å². The number of hydrogen-bond acceptors (Lipinski definition) is 4. The lowest BCUT2D eigenvalue weighted by atomic mass is 10.3. The molecule has 0 atom stereocenters. The fourth-order valence-corrected chi connectivity index (χ4v) is 2.98. The summed E-state index contributed by atoms with van der Waals surface area (Å²) < 4.78 is 39.2. The lowest BCUT2D eigenvalue weighted by Gasteiger charge is -2.21. The SMILES string of the molecule is O=C(CN(CC(=O)Nc1ccc(F)cc1)CC(=O)Nc1ccc(F)cc1)Nc1ccc(F)cc1. The van der Waals surface area contributed by atoms with Crippen molar-refractivity contribution in [2.24, 2.45) is 0 Å². The maximum atomic E-state index is 13.1. The molecule has 34 heavy (non-hydrogen) atoms. The van der Waals surface area contributed by atoms with Gasteiger partial charge in [-0.2, -0.15) is 0 Å². The highest BCUT2D eigenvalue weighted by atomic mass is 19.1. The van der Waals surface area contributed by atoms with Crippen molar-refractivity contribution in [3.05, 3.63) is 90.2 Å². The molecular formula is C24H21F3N4O3. The van der Waals surface area contributed by atoms with Crippen LogP contribution >= 0.6 is 0 Å². The summed E-state index contributed by atoms with van der Waals surface area (Å²) in [6.45, 7) is -0.985. The molecule has 3 aromatic carbocycles. The Balaban J connectivity index is 1.64. The molecule has 0 aromatic heterocycles. The third-order valence-electron chi connectivity index (χ3n) is 4.49. The standard InChI is InChI=1S/C24H21F3N4O3/c25-16-1-7-19(8-2-16)28-22(32)13-31(14-23(33)29-20-9-3-17(26)4-10-20)15-24(34)30-21-11-5-18(27)6-12-21/h1-12H,13-15H2,(H,28,32)(H,29,33)(H,30,34). The third-order valence-corrected chi connectivity index (χ3v) is 4.49. The van der Waals surface area contributed by atoms with Crippen LogP contribution < -0.4 is 16.0 Å². The zero-order chi connectivity index (χ0) is 24.5. The number of halogens is 3. The monoisotopic (exact) mass is 470 g/mol. The molecule has 0 aliphatic heterocycles. The van der Waals surface area contributed by atoms with Crippen molar-refractivity contribution in [1.29, 1.82) is 0 Å². The van der Waals surface area contributed by atoms with Crippen molar-refractivity contribution in [1.82, 2.24) is 4.90 Å². The quantitative estimate of drug-likeness (QED) is 0.446. The first-order valence-electron chi connectivity index (χ1n) is 10.2. The first-order valence-corrected chi connectivity index (χ1v) is 10.2. The van der Waals surface area contributed by atoms with Gasteiger partial charge in [-0.25, -0.2) is 13.2 Å². The van der Waals surface area contributed by atoms with Crippen LogP contribution in [0.2, 0.25) is 0 Å². The topological polar surface area (TPSA) is 90.5 Å². The molecule has 176 valence electrons. The number of carbonyl (C=O) groups is 3. The van der Waals surface area contributed by atoms with E-state index in [9.17, 15) is 27.6 Å². The Morgan fingerprint density at radius 3 is 0.971 bits per heavy atom. The molecule has 0 aliphatic carbocycles. The summed E-state index contributed by atoms with van der Waals surface area (Å²) in [6.07, 6.45) is 0. The molecule has 10 heteroatoms. The van der Waals surface area contributed by atoms with Crippen LogP contribution in [0.3, 0.4) is 0 Å². The number of benzene rings is 3. The molecule has 3 amide bonds. The second kappa shape index (κ2) is 11.6. The number of nitrogens with one attached hydrogen (secondary N) is 3. The van der Waals surface area contributed by atoms with Gasteiger partial charge in [0.2, 0.25) is 17.7 Å². The highest BCUT2D eigenvalue weighted by Gasteiger charge is 2.19. The van der Waals surface area contributed by atoms with Gasteiger partial charge in [0.05, 0.1) is 19.6 Å². The van der Waals surface area contributed by atoms with E-state index in [1.807, 2.05) is 0 Å². The lowest BCUT2D eigenvalue weighted by Crippen LogP contribution is -2.43. The largest absolute Gasteiger partial charge is 0.325 e. The number of carbonyl (C=O) groups excluding carboxylic acids is 3. The Morgan fingerprint density at radius 2 is 0.735 bits per heavy atom. The molecule has 3 aromatic rings. The van der Waals surface area contributed by atoms with Gasteiger partial charge in [-0.15, -0.1) is 0 Å². The Bertz CT molecular complexity index is 991. The first-order chi connectivity index (χ1) is 16.3. The number of nitrogens with zero attached hydrogens (tertiary/aromatic N) is 1. The number of hydrogen-bond donors (Lipinski definition) is 3. The van der Waals surface area contributed by atoms with Crippen molar-refractivity contribution in [3.63, 3.8) is 0 Å². The highest BCUT2D eigenvalue weighted by Crippen LogP contribution is 2.11. The maximum absolute atomic E-state index is 13.1. The Hall–Kier alpha value is -4.18. The minimum Gasteiger partial charge on any atom is -0.325 e. The fraction of sp³-hybridized carbons (Fsp3) is 0.125. The molecule has 0 spiro atoms. The molecule has 3 rings (SSSR count). The van der Waals surface area contributed by atoms with Crippen LogP contribution in [-0.2, 0) is 14.4 Å². The van der Waals surface area contributed by atoms with Crippen LogP contribution in [-0.4, -0.2) is 42.3 Å². The summed E-state index contributed by atoms with van der Waals surface area (Å²) in [5, 5.41) is 7.69. The molecule has 3 N–H and O–H groups in total. The zero-order valence-corrected chi connectivity index (χ0v) is 17.9. The van der Waals surface area contributed by atoms with Crippen LogP contribution in [0, 0.1) is 17.5 Å². The van der Waals surface area contributed by atoms with Gasteiger partial charge in [0, 0.05) is 17.1 Å². The second-order valence-electron chi connectivity index (χ2n) is 7.31. The van der Waals surface area contributed by atoms with Gasteiger partial charge in [0.25, 0.3) is 0 Å². The molecular weight excluding hydrogens is 449 g/mol. The highest BCUT2D eigenvalue weighted by molar-refractivity contribution is 5.97. The van der Waals surface area contributed by atoms with Gasteiger partial charge in [-0.1, -0.05) is 0 Å². The molecule has 0 heterocycles. The smallest absolute Gasteiger partial charge is 0.238 e. The second-order valence-corrected chi connectivity index (χ2v) is 7.31. The number of amides is 3. The summed E-state index contributed by atoms with van der Waals surface area (Å²) >= 11 is 0. The zero-order valence-electron chi connectivity index (χ0n) is 17.9. The van der Waals surface area contributed by atoms with Gasteiger partial charge >= 0.3 is 0 Å². The van der Waals surface area contributed by atoms with Crippen LogP contribution in [0.1, 0.15) is 0 Å². The van der Waals surface area contributed by atoms with E-state index < -0.39 is 35.2 Å². The molecule has 0 bridgehead atoms. The van der Waals surface area contributed by atoms with E-state index in [2.05, 4.69) is 16.0 Å². The van der Waals surface area contributed by atoms with Crippen molar-refractivity contribution < 1.29 is 27.6 Å². The average Bonchev–Trinajstić information content (AvgIpc) is 2.78. The van der Waals surface area contributed by atoms with Crippen molar-refractivity contribution in [2.75, 3.05) is 35.6 Å². The van der Waals surface area contributed by atoms with E-state index in [1.165, 1.54) is 77.7 Å². The average molecular weight is 470 g/mol. The fourth-order valence-electron chi connectivity index (χ4n) is 2.98. The van der Waals surface area contributed by atoms with Crippen LogP contribution in [0.25, 0.3) is 0 Å². The molecule has 0 unspecified atom stereocenters. The molecule has 0 fully saturated rings.